The lowest BCUT2D eigenvalue weighted by atomic mass is 10.1. The molecular weight excluding hydrogens is 614 g/mol. The number of ether oxygens (including phenoxy) is 2. The summed E-state index contributed by atoms with van der Waals surface area (Å²) < 4.78 is 40.6. The maximum atomic E-state index is 14.0. The lowest BCUT2D eigenvalue weighted by molar-refractivity contribution is -0.128. The average molecular weight is 648 g/mol. The number of nitrogens with zero attached hydrogens (tertiary/aromatic N) is 2. The second-order valence-electron chi connectivity index (χ2n) is 10.4. The van der Waals surface area contributed by atoms with E-state index in [4.69, 9.17) is 21.1 Å². The van der Waals surface area contributed by atoms with Crippen molar-refractivity contribution >= 4 is 39.1 Å². The molecule has 1 N–H and O–H groups in total. The van der Waals surface area contributed by atoms with E-state index in [1.54, 1.807) is 55.5 Å². The first kappa shape index (κ1) is 32.0. The van der Waals surface area contributed by atoms with Gasteiger partial charge in [0.1, 0.15) is 11.5 Å². The number of halogens is 1. The molecule has 0 radical (unpaired) electrons. The zero-order valence-electron chi connectivity index (χ0n) is 24.8. The van der Waals surface area contributed by atoms with Crippen LogP contribution in [0, 0.1) is 0 Å². The van der Waals surface area contributed by atoms with Crippen LogP contribution >= 0.6 is 11.6 Å². The third-order valence-corrected chi connectivity index (χ3v) is 9.36. The van der Waals surface area contributed by atoms with Crippen molar-refractivity contribution in [2.24, 2.45) is 0 Å². The first-order chi connectivity index (χ1) is 21.8. The molecule has 0 saturated heterocycles. The van der Waals surface area contributed by atoms with E-state index in [0.717, 1.165) is 9.87 Å². The molecule has 45 heavy (non-hydrogen) atoms. The zero-order valence-corrected chi connectivity index (χ0v) is 26.3. The zero-order chi connectivity index (χ0) is 31.8. The van der Waals surface area contributed by atoms with Gasteiger partial charge in [-0.2, -0.15) is 4.31 Å². The Bertz CT molecular complexity index is 1740. The van der Waals surface area contributed by atoms with Gasteiger partial charge in [0.15, 0.2) is 6.10 Å². The highest BCUT2D eigenvalue weighted by Gasteiger charge is 2.36. The Hall–Kier alpha value is -4.38. The monoisotopic (exact) mass is 647 g/mol. The van der Waals surface area contributed by atoms with Crippen LogP contribution in [0.2, 0.25) is 5.02 Å². The van der Waals surface area contributed by atoms with Crippen LogP contribution < -0.4 is 19.7 Å². The third kappa shape index (κ3) is 7.83. The Morgan fingerprint density at radius 2 is 1.62 bits per heavy atom. The summed E-state index contributed by atoms with van der Waals surface area (Å²) in [5.74, 6) is -0.154. The molecule has 5 rings (SSSR count). The summed E-state index contributed by atoms with van der Waals surface area (Å²) in [7, 11) is -4.20. The fourth-order valence-electron chi connectivity index (χ4n) is 5.01. The SMILES string of the molecule is CCOc1ccc(S(=O)(=O)N(CC(=O)N2C[C@@H](C(=O)NCCc3ccccc3)Oc3ccccc32)Cc2ccccc2)cc1Cl. The van der Waals surface area contributed by atoms with E-state index in [1.165, 1.54) is 23.1 Å². The highest BCUT2D eigenvalue weighted by molar-refractivity contribution is 7.89. The molecule has 4 aromatic carbocycles. The van der Waals surface area contributed by atoms with Crippen LogP contribution in [0.1, 0.15) is 18.1 Å². The number of carbonyl (C=O) groups excluding carboxylic acids is 2. The van der Waals surface area contributed by atoms with Gasteiger partial charge in [-0.3, -0.25) is 9.59 Å². The van der Waals surface area contributed by atoms with Crippen LogP contribution in [-0.4, -0.2) is 56.9 Å². The van der Waals surface area contributed by atoms with Gasteiger partial charge in [-0.1, -0.05) is 84.4 Å². The predicted molar refractivity (Wildman–Crippen MR) is 173 cm³/mol. The summed E-state index contributed by atoms with van der Waals surface area (Å²) in [6, 6.07) is 29.9. The fraction of sp³-hybridized carbons (Fsp3) is 0.235. The molecule has 0 aliphatic carbocycles. The second kappa shape index (κ2) is 14.6. The number of amides is 2. The van der Waals surface area contributed by atoms with Crippen molar-refractivity contribution in [1.29, 1.82) is 0 Å². The van der Waals surface area contributed by atoms with Gasteiger partial charge in [0.25, 0.3) is 5.91 Å². The molecule has 2 amide bonds. The van der Waals surface area contributed by atoms with Crippen molar-refractivity contribution in [3.8, 4) is 11.5 Å². The second-order valence-corrected chi connectivity index (χ2v) is 12.7. The largest absolute Gasteiger partial charge is 0.492 e. The van der Waals surface area contributed by atoms with E-state index >= 15 is 0 Å². The quantitative estimate of drug-likeness (QED) is 0.230. The van der Waals surface area contributed by atoms with Crippen LogP contribution in [0.5, 0.6) is 11.5 Å². The molecule has 0 fully saturated rings. The van der Waals surface area contributed by atoms with Gasteiger partial charge in [0.2, 0.25) is 15.9 Å². The molecule has 1 heterocycles. The maximum Gasteiger partial charge on any atom is 0.262 e. The van der Waals surface area contributed by atoms with Gasteiger partial charge in [-0.05, 0) is 54.8 Å². The van der Waals surface area contributed by atoms with Crippen molar-refractivity contribution < 1.29 is 27.5 Å². The number of rotatable bonds is 12. The highest BCUT2D eigenvalue weighted by Crippen LogP contribution is 2.34. The normalized spacial score (nSPS) is 14.4. The Kier molecular flexibility index (Phi) is 10.4. The number of para-hydroxylation sites is 2. The van der Waals surface area contributed by atoms with Gasteiger partial charge in [-0.15, -0.1) is 0 Å². The number of carbonyl (C=O) groups is 2. The van der Waals surface area contributed by atoms with Crippen molar-refractivity contribution in [2.45, 2.75) is 30.9 Å². The molecule has 1 aliphatic rings. The van der Waals surface area contributed by atoms with Gasteiger partial charge >= 0.3 is 0 Å². The summed E-state index contributed by atoms with van der Waals surface area (Å²) in [6.07, 6.45) is -0.343. The van der Waals surface area contributed by atoms with Crippen molar-refractivity contribution in [1.82, 2.24) is 9.62 Å². The van der Waals surface area contributed by atoms with Crippen molar-refractivity contribution in [3.05, 3.63) is 119 Å². The molecule has 0 spiro atoms. The van der Waals surface area contributed by atoms with E-state index < -0.39 is 28.6 Å². The maximum absolute atomic E-state index is 14.0. The number of hydrogen-bond donors (Lipinski definition) is 1. The number of sulfonamides is 1. The van der Waals surface area contributed by atoms with Crippen molar-refractivity contribution in [2.75, 3.05) is 31.1 Å². The number of fused-ring (bicyclic) bond motifs is 1. The first-order valence-electron chi connectivity index (χ1n) is 14.6. The van der Waals surface area contributed by atoms with Gasteiger partial charge < -0.3 is 19.7 Å². The molecule has 9 nitrogen and oxygen atoms in total. The van der Waals surface area contributed by atoms with E-state index in [1.807, 2.05) is 36.4 Å². The minimum Gasteiger partial charge on any atom is -0.492 e. The lowest BCUT2D eigenvalue weighted by Crippen LogP contribution is -2.53. The molecular formula is C34H34ClN3O6S. The molecule has 0 bridgehead atoms. The fourth-order valence-corrected chi connectivity index (χ4v) is 6.71. The summed E-state index contributed by atoms with van der Waals surface area (Å²) >= 11 is 6.34. The van der Waals surface area contributed by atoms with Crippen LogP contribution in [0.25, 0.3) is 0 Å². The minimum atomic E-state index is -4.20. The summed E-state index contributed by atoms with van der Waals surface area (Å²) in [5.41, 5.74) is 2.24. The standard InChI is InChI=1S/C34H34ClN3O6S/c1-2-43-30-18-17-27(21-28(30)35)45(41,42)37(22-26-13-7-4-8-14-26)24-33(39)38-23-32(44-31-16-10-9-15-29(31)38)34(40)36-20-19-25-11-5-3-6-12-25/h3-18,21,32H,2,19-20,22-24H2,1H3,(H,36,40)/t32-/m0/s1. The molecule has 234 valence electrons. The van der Waals surface area contributed by atoms with Crippen LogP contribution in [0.3, 0.4) is 0 Å². The third-order valence-electron chi connectivity index (χ3n) is 7.28. The molecule has 0 saturated carbocycles. The van der Waals surface area contributed by atoms with E-state index in [-0.39, 0.29) is 28.9 Å². The smallest absolute Gasteiger partial charge is 0.262 e. The van der Waals surface area contributed by atoms with Crippen molar-refractivity contribution in [3.63, 3.8) is 0 Å². The van der Waals surface area contributed by atoms with E-state index in [9.17, 15) is 18.0 Å². The average Bonchev–Trinajstić information content (AvgIpc) is 3.05. The van der Waals surface area contributed by atoms with Crippen LogP contribution in [0.4, 0.5) is 5.69 Å². The Morgan fingerprint density at radius 1 is 0.956 bits per heavy atom. The Morgan fingerprint density at radius 3 is 2.31 bits per heavy atom. The number of nitrogens with one attached hydrogen (secondary N) is 1. The lowest BCUT2D eigenvalue weighted by Gasteiger charge is -2.35. The molecule has 4 aromatic rings. The Labute approximate surface area is 268 Å². The van der Waals surface area contributed by atoms with Crippen LogP contribution in [-0.2, 0) is 32.6 Å². The molecule has 0 unspecified atom stereocenters. The number of benzene rings is 4. The molecule has 1 atom stereocenters. The topological polar surface area (TPSA) is 105 Å². The molecule has 0 aromatic heterocycles. The molecule has 11 heteroatoms. The summed E-state index contributed by atoms with van der Waals surface area (Å²) in [5, 5.41) is 3.04. The number of anilines is 1. The van der Waals surface area contributed by atoms with Crippen LogP contribution in [0.15, 0.2) is 108 Å². The minimum absolute atomic E-state index is 0.0604. The Balaban J connectivity index is 1.38. The van der Waals surface area contributed by atoms with E-state index in [2.05, 4.69) is 5.32 Å². The van der Waals surface area contributed by atoms with E-state index in [0.29, 0.717) is 42.3 Å². The van der Waals surface area contributed by atoms with Gasteiger partial charge in [0.05, 0.1) is 35.3 Å². The summed E-state index contributed by atoms with van der Waals surface area (Å²) in [6.45, 7) is 1.94. The first-order valence-corrected chi connectivity index (χ1v) is 16.4. The van der Waals surface area contributed by atoms with Gasteiger partial charge in [-0.25, -0.2) is 8.42 Å². The highest BCUT2D eigenvalue weighted by atomic mass is 35.5. The number of hydrogen-bond acceptors (Lipinski definition) is 6. The summed E-state index contributed by atoms with van der Waals surface area (Å²) in [4.78, 5) is 28.5. The van der Waals surface area contributed by atoms with Gasteiger partial charge in [0, 0.05) is 13.1 Å². The molecule has 1 aliphatic heterocycles. The predicted octanol–water partition coefficient (Wildman–Crippen LogP) is 5.08.